The lowest BCUT2D eigenvalue weighted by Crippen LogP contribution is -2.52. The first-order valence-electron chi connectivity index (χ1n) is 13.4. The molecule has 0 aromatic heterocycles. The van der Waals surface area contributed by atoms with Crippen LogP contribution in [0.1, 0.15) is 62.1 Å². The van der Waals surface area contributed by atoms with E-state index in [4.69, 9.17) is 4.74 Å². The number of amides is 2. The largest absolute Gasteiger partial charge is 0.493 e. The first kappa shape index (κ1) is 27.1. The van der Waals surface area contributed by atoms with E-state index in [0.29, 0.717) is 30.8 Å². The Bertz CT molecular complexity index is 1090. The molecule has 1 aliphatic heterocycles. The van der Waals surface area contributed by atoms with Gasteiger partial charge in [-0.05, 0) is 73.8 Å². The maximum atomic E-state index is 14.4. The summed E-state index contributed by atoms with van der Waals surface area (Å²) >= 11 is 0. The highest BCUT2D eigenvalue weighted by atomic mass is 19.1. The summed E-state index contributed by atoms with van der Waals surface area (Å²) in [5.41, 5.74) is 2.91. The highest BCUT2D eigenvalue weighted by Gasteiger charge is 2.44. The van der Waals surface area contributed by atoms with Gasteiger partial charge < -0.3 is 25.8 Å². The van der Waals surface area contributed by atoms with Gasteiger partial charge in [-0.15, -0.1) is 0 Å². The third-order valence-corrected chi connectivity index (χ3v) is 7.25. The van der Waals surface area contributed by atoms with E-state index in [2.05, 4.69) is 47.1 Å². The lowest BCUT2D eigenvalue weighted by atomic mass is 9.98. The number of benzene rings is 2. The molecule has 0 radical (unpaired) electrons. The molecule has 2 bridgehead atoms. The fourth-order valence-corrected chi connectivity index (χ4v) is 4.86. The number of hydrogen-bond acceptors (Lipinski definition) is 5. The SMILES string of the molecule is CCc1cccc(C2(NCC(O)C3Cc4cc(F)cc(c4)OCCCCCC(=O)NCC(=O)N3)CC2)c1. The van der Waals surface area contributed by atoms with Crippen molar-refractivity contribution in [3.8, 4) is 5.75 Å². The summed E-state index contributed by atoms with van der Waals surface area (Å²) in [5.74, 6) is -0.579. The monoisotopic (exact) mass is 511 g/mol. The Morgan fingerprint density at radius 2 is 1.97 bits per heavy atom. The molecule has 1 saturated carbocycles. The van der Waals surface area contributed by atoms with E-state index in [1.165, 1.54) is 23.3 Å². The minimum Gasteiger partial charge on any atom is -0.493 e. The molecule has 200 valence electrons. The third kappa shape index (κ3) is 7.76. The maximum Gasteiger partial charge on any atom is 0.239 e. The van der Waals surface area contributed by atoms with E-state index >= 15 is 0 Å². The fraction of sp³-hybridized carbons (Fsp3) is 0.517. The van der Waals surface area contributed by atoms with E-state index < -0.39 is 23.9 Å². The molecule has 4 rings (SSSR count). The lowest BCUT2D eigenvalue weighted by Gasteiger charge is -2.27. The predicted octanol–water partition coefficient (Wildman–Crippen LogP) is 3.12. The van der Waals surface area contributed by atoms with E-state index in [0.717, 1.165) is 32.1 Å². The summed E-state index contributed by atoms with van der Waals surface area (Å²) in [6.45, 7) is 2.64. The van der Waals surface area contributed by atoms with Crippen molar-refractivity contribution in [3.05, 3.63) is 65.0 Å². The number of ether oxygens (including phenoxy) is 1. The standard InChI is InChI=1S/C29H38FN3O4/c1-2-20-7-6-8-22(13-20)29(10-11-29)32-18-26(34)25-16-21-14-23(30)17-24(15-21)37-12-5-3-4-9-27(35)31-19-28(36)33-25/h6-8,13-15,17,25-26,32,34H,2-5,9-12,16,18-19H2,1H3,(H,31,35)(H,33,36). The maximum absolute atomic E-state index is 14.4. The first-order chi connectivity index (χ1) is 17.9. The number of aliphatic hydroxyl groups is 1. The molecule has 8 heteroatoms. The minimum absolute atomic E-state index is 0.166. The highest BCUT2D eigenvalue weighted by Crippen LogP contribution is 2.45. The van der Waals surface area contributed by atoms with E-state index in [1.54, 1.807) is 6.07 Å². The Kier molecular flexibility index (Phi) is 9.16. The van der Waals surface area contributed by atoms with Crippen molar-refractivity contribution in [1.82, 2.24) is 16.0 Å². The van der Waals surface area contributed by atoms with Crippen LogP contribution in [0.4, 0.5) is 4.39 Å². The molecule has 2 atom stereocenters. The fourth-order valence-electron chi connectivity index (χ4n) is 4.86. The number of aliphatic hydroxyl groups excluding tert-OH is 1. The number of carbonyl (C=O) groups excluding carboxylic acids is 2. The zero-order valence-electron chi connectivity index (χ0n) is 21.5. The molecule has 7 nitrogen and oxygen atoms in total. The van der Waals surface area contributed by atoms with Gasteiger partial charge in [0.25, 0.3) is 0 Å². The van der Waals surface area contributed by atoms with Gasteiger partial charge in [0.1, 0.15) is 11.6 Å². The van der Waals surface area contributed by atoms with Gasteiger partial charge in [-0.3, -0.25) is 9.59 Å². The van der Waals surface area contributed by atoms with E-state index in [-0.39, 0.29) is 31.0 Å². The number of nitrogens with one attached hydrogen (secondary N) is 3. The third-order valence-electron chi connectivity index (χ3n) is 7.25. The molecule has 2 aromatic rings. The van der Waals surface area contributed by atoms with Crippen LogP contribution in [0.3, 0.4) is 0 Å². The van der Waals surface area contributed by atoms with Crippen LogP contribution in [0, 0.1) is 5.82 Å². The average molecular weight is 512 g/mol. The summed E-state index contributed by atoms with van der Waals surface area (Å²) in [6, 6.07) is 12.3. The number of fused-ring (bicyclic) bond motifs is 2. The van der Waals surface area contributed by atoms with E-state index in [1.807, 2.05) is 0 Å². The Balaban J connectivity index is 1.48. The second-order valence-corrected chi connectivity index (χ2v) is 10.2. The summed E-state index contributed by atoms with van der Waals surface area (Å²) in [4.78, 5) is 24.8. The van der Waals surface area contributed by atoms with Crippen molar-refractivity contribution in [1.29, 1.82) is 0 Å². The molecule has 0 spiro atoms. The van der Waals surface area contributed by atoms with Crippen molar-refractivity contribution >= 4 is 11.8 Å². The Hall–Kier alpha value is -2.97. The Morgan fingerprint density at radius 1 is 1.14 bits per heavy atom. The molecule has 1 heterocycles. The molecule has 4 N–H and O–H groups in total. The Labute approximate surface area is 218 Å². The normalized spacial score (nSPS) is 21.3. The van der Waals surface area contributed by atoms with Crippen molar-refractivity contribution in [3.63, 3.8) is 0 Å². The minimum atomic E-state index is -0.932. The van der Waals surface area contributed by atoms with Crippen LogP contribution in [-0.2, 0) is 28.0 Å². The van der Waals surface area contributed by atoms with Crippen LogP contribution in [0.15, 0.2) is 42.5 Å². The van der Waals surface area contributed by atoms with E-state index in [9.17, 15) is 19.1 Å². The molecule has 1 fully saturated rings. The van der Waals surface area contributed by atoms with Gasteiger partial charge in [-0.2, -0.15) is 0 Å². The Morgan fingerprint density at radius 3 is 2.76 bits per heavy atom. The average Bonchev–Trinajstić information content (AvgIpc) is 3.68. The van der Waals surface area contributed by atoms with Crippen molar-refractivity contribution in [2.24, 2.45) is 0 Å². The van der Waals surface area contributed by atoms with Crippen LogP contribution in [0.5, 0.6) is 5.75 Å². The summed E-state index contributed by atoms with van der Waals surface area (Å²) in [5, 5.41) is 20.2. The predicted molar refractivity (Wildman–Crippen MR) is 140 cm³/mol. The van der Waals surface area contributed by atoms with Gasteiger partial charge in [0.05, 0.1) is 25.3 Å². The van der Waals surface area contributed by atoms with Gasteiger partial charge in [0.15, 0.2) is 0 Å². The number of carbonyl (C=O) groups is 2. The molecule has 2 unspecified atom stereocenters. The smallest absolute Gasteiger partial charge is 0.239 e. The van der Waals surface area contributed by atoms with Crippen molar-refractivity contribution in [2.45, 2.75) is 76.0 Å². The highest BCUT2D eigenvalue weighted by molar-refractivity contribution is 5.84. The molecule has 1 aliphatic carbocycles. The number of hydrogen-bond donors (Lipinski definition) is 4. The van der Waals surface area contributed by atoms with Crippen LogP contribution in [0.2, 0.25) is 0 Å². The molecule has 37 heavy (non-hydrogen) atoms. The summed E-state index contributed by atoms with van der Waals surface area (Å²) in [6.07, 6.45) is 4.74. The molecule has 2 aromatic carbocycles. The number of rotatable bonds is 6. The number of aryl methyl sites for hydroxylation is 1. The van der Waals surface area contributed by atoms with Crippen LogP contribution in [-0.4, -0.2) is 48.8 Å². The molecular formula is C29H38FN3O4. The van der Waals surface area contributed by atoms with Gasteiger partial charge in [-0.1, -0.05) is 31.2 Å². The first-order valence-corrected chi connectivity index (χ1v) is 13.4. The molecule has 0 saturated heterocycles. The summed E-state index contributed by atoms with van der Waals surface area (Å²) < 4.78 is 20.1. The van der Waals surface area contributed by atoms with Crippen LogP contribution in [0.25, 0.3) is 0 Å². The van der Waals surface area contributed by atoms with Crippen LogP contribution < -0.4 is 20.7 Å². The molecule has 2 aliphatic rings. The van der Waals surface area contributed by atoms with Crippen LogP contribution >= 0.6 is 0 Å². The summed E-state index contributed by atoms with van der Waals surface area (Å²) in [7, 11) is 0. The zero-order valence-corrected chi connectivity index (χ0v) is 21.5. The van der Waals surface area contributed by atoms with Gasteiger partial charge >= 0.3 is 0 Å². The van der Waals surface area contributed by atoms with Gasteiger partial charge in [0, 0.05) is 24.6 Å². The second kappa shape index (κ2) is 12.5. The quantitative estimate of drug-likeness (QED) is 0.478. The topological polar surface area (TPSA) is 99.7 Å². The van der Waals surface area contributed by atoms with Crippen molar-refractivity contribution < 1.29 is 23.8 Å². The van der Waals surface area contributed by atoms with Gasteiger partial charge in [-0.25, -0.2) is 4.39 Å². The van der Waals surface area contributed by atoms with Crippen molar-refractivity contribution in [2.75, 3.05) is 19.7 Å². The second-order valence-electron chi connectivity index (χ2n) is 10.2. The zero-order chi connectivity index (χ0) is 26.3. The van der Waals surface area contributed by atoms with Gasteiger partial charge in [0.2, 0.25) is 11.8 Å². The molecular weight excluding hydrogens is 473 g/mol. The number of halogens is 1. The molecule has 2 amide bonds. The lowest BCUT2D eigenvalue weighted by molar-refractivity contribution is -0.126.